The predicted molar refractivity (Wildman–Crippen MR) is 96.2 cm³/mol. The first kappa shape index (κ1) is 16.7. The Labute approximate surface area is 146 Å². The van der Waals surface area contributed by atoms with Gasteiger partial charge in [-0.25, -0.2) is 9.98 Å². The molecule has 7 nitrogen and oxygen atoms in total. The summed E-state index contributed by atoms with van der Waals surface area (Å²) in [7, 11) is 0. The lowest BCUT2D eigenvalue weighted by atomic mass is 10.2. The van der Waals surface area contributed by atoms with Crippen molar-refractivity contribution in [2.75, 3.05) is 5.32 Å². The largest absolute Gasteiger partial charge is 0.370 e. The maximum absolute atomic E-state index is 5.87. The second-order valence-corrected chi connectivity index (χ2v) is 5.04. The molecule has 1 aliphatic heterocycles. The summed E-state index contributed by atoms with van der Waals surface area (Å²) in [6, 6.07) is 5.58. The van der Waals surface area contributed by atoms with Crippen LogP contribution in [-0.4, -0.2) is 25.7 Å². The van der Waals surface area contributed by atoms with Crippen LogP contribution in [0.25, 0.3) is 0 Å². The molecule has 0 unspecified atom stereocenters. The number of guanidine groups is 1. The maximum Gasteiger partial charge on any atom is 0.194 e. The zero-order valence-corrected chi connectivity index (χ0v) is 14.6. The van der Waals surface area contributed by atoms with Crippen molar-refractivity contribution in [3.63, 3.8) is 0 Å². The van der Waals surface area contributed by atoms with Crippen molar-refractivity contribution in [1.29, 1.82) is 0 Å². The average molecular weight is 413 g/mol. The van der Waals surface area contributed by atoms with Crippen LogP contribution >= 0.6 is 24.0 Å². The molecule has 0 atom stereocenters. The number of halogens is 1. The summed E-state index contributed by atoms with van der Waals surface area (Å²) in [5.74, 6) is 2.95. The minimum Gasteiger partial charge on any atom is -0.370 e. The highest BCUT2D eigenvalue weighted by atomic mass is 127. The van der Waals surface area contributed by atoms with Crippen LogP contribution in [0.1, 0.15) is 30.9 Å². The molecule has 8 heteroatoms. The Balaban J connectivity index is 0.00000176. The molecule has 0 aliphatic carbocycles. The van der Waals surface area contributed by atoms with Gasteiger partial charge in [-0.15, -0.1) is 34.2 Å². The molecule has 2 aromatic heterocycles. The zero-order chi connectivity index (χ0) is 14.5. The highest BCUT2D eigenvalue weighted by Gasteiger charge is 2.14. The van der Waals surface area contributed by atoms with E-state index in [1.54, 1.807) is 6.20 Å². The number of anilines is 1. The van der Waals surface area contributed by atoms with E-state index in [1.165, 1.54) is 19.3 Å². The van der Waals surface area contributed by atoms with E-state index in [-0.39, 0.29) is 24.0 Å². The predicted octanol–water partition coefficient (Wildman–Crippen LogP) is 1.94. The molecule has 3 N–H and O–H groups in total. The number of pyridine rings is 1. The van der Waals surface area contributed by atoms with Gasteiger partial charge in [0.2, 0.25) is 0 Å². The Morgan fingerprint density at radius 2 is 2.18 bits per heavy atom. The Bertz CT molecular complexity index is 623. The quantitative estimate of drug-likeness (QED) is 0.456. The molecular weight excluding hydrogens is 393 g/mol. The number of fused-ring (bicyclic) bond motifs is 1. The summed E-state index contributed by atoms with van der Waals surface area (Å²) < 4.78 is 2.17. The van der Waals surface area contributed by atoms with Gasteiger partial charge < -0.3 is 15.6 Å². The lowest BCUT2D eigenvalue weighted by Gasteiger charge is -2.06. The van der Waals surface area contributed by atoms with E-state index in [0.717, 1.165) is 24.6 Å². The molecule has 0 saturated carbocycles. The standard InChI is InChI=1S/C14H19N7.HI/c15-14(18-11-6-3-4-8-16-11)17-10-13-20-19-12-7-2-1-5-9-21(12)13;/h3-4,6,8H,1-2,5,7,9-10H2,(H3,15,16,17,18);1H. The molecule has 0 amide bonds. The van der Waals surface area contributed by atoms with Crippen LogP contribution in [0.3, 0.4) is 0 Å². The molecule has 118 valence electrons. The molecular formula is C14H20IN7. The topological polar surface area (TPSA) is 94.0 Å². The number of nitrogens with one attached hydrogen (secondary N) is 1. The monoisotopic (exact) mass is 413 g/mol. The second kappa shape index (κ2) is 8.06. The fourth-order valence-corrected chi connectivity index (χ4v) is 2.43. The third-order valence-electron chi connectivity index (χ3n) is 3.50. The fraction of sp³-hybridized carbons (Fsp3) is 0.429. The first-order valence-electron chi connectivity index (χ1n) is 7.22. The van der Waals surface area contributed by atoms with Gasteiger partial charge in [-0.1, -0.05) is 12.5 Å². The van der Waals surface area contributed by atoms with Crippen molar-refractivity contribution in [1.82, 2.24) is 19.7 Å². The van der Waals surface area contributed by atoms with Gasteiger partial charge in [0.05, 0.1) is 0 Å². The summed E-state index contributed by atoms with van der Waals surface area (Å²) in [4.78, 5) is 8.46. The van der Waals surface area contributed by atoms with Crippen LogP contribution in [0.4, 0.5) is 5.82 Å². The molecule has 3 rings (SSSR count). The van der Waals surface area contributed by atoms with Crippen molar-refractivity contribution in [2.24, 2.45) is 10.7 Å². The summed E-state index contributed by atoms with van der Waals surface area (Å²) in [6.07, 6.45) is 6.30. The molecule has 0 spiro atoms. The van der Waals surface area contributed by atoms with E-state index in [4.69, 9.17) is 5.73 Å². The molecule has 0 bridgehead atoms. The third-order valence-corrected chi connectivity index (χ3v) is 3.50. The third kappa shape index (κ3) is 4.15. The highest BCUT2D eigenvalue weighted by molar-refractivity contribution is 14.0. The number of aliphatic imine (C=N–C) groups is 1. The van der Waals surface area contributed by atoms with Gasteiger partial charge in [0.15, 0.2) is 11.8 Å². The van der Waals surface area contributed by atoms with Gasteiger partial charge in [-0.2, -0.15) is 0 Å². The number of aryl methyl sites for hydroxylation is 1. The summed E-state index contributed by atoms with van der Waals surface area (Å²) in [6.45, 7) is 1.40. The normalized spacial score (nSPS) is 14.6. The summed E-state index contributed by atoms with van der Waals surface area (Å²) in [5, 5.41) is 11.4. The van der Waals surface area contributed by atoms with E-state index in [0.29, 0.717) is 18.3 Å². The summed E-state index contributed by atoms with van der Waals surface area (Å²) >= 11 is 0. The van der Waals surface area contributed by atoms with Gasteiger partial charge >= 0.3 is 0 Å². The van der Waals surface area contributed by atoms with E-state index in [1.807, 2.05) is 18.2 Å². The number of hydrogen-bond acceptors (Lipinski definition) is 4. The number of rotatable bonds is 3. The second-order valence-electron chi connectivity index (χ2n) is 5.04. The maximum atomic E-state index is 5.87. The molecule has 3 heterocycles. The van der Waals surface area contributed by atoms with Gasteiger partial charge in [-0.3, -0.25) is 0 Å². The van der Waals surface area contributed by atoms with Crippen molar-refractivity contribution in [3.05, 3.63) is 36.0 Å². The molecule has 0 aromatic carbocycles. The van der Waals surface area contributed by atoms with Gasteiger partial charge in [0.1, 0.15) is 18.2 Å². The molecule has 1 aliphatic rings. The van der Waals surface area contributed by atoms with Crippen LogP contribution in [-0.2, 0) is 19.5 Å². The number of hydrogen-bond donors (Lipinski definition) is 2. The first-order chi connectivity index (χ1) is 10.3. The number of aromatic nitrogens is 4. The Morgan fingerprint density at radius 3 is 3.00 bits per heavy atom. The lowest BCUT2D eigenvalue weighted by molar-refractivity contribution is 0.606. The molecule has 2 aromatic rings. The fourth-order valence-electron chi connectivity index (χ4n) is 2.43. The zero-order valence-electron chi connectivity index (χ0n) is 12.3. The smallest absolute Gasteiger partial charge is 0.194 e. The Kier molecular flexibility index (Phi) is 6.10. The minimum absolute atomic E-state index is 0. The lowest BCUT2D eigenvalue weighted by Crippen LogP contribution is -2.23. The van der Waals surface area contributed by atoms with Crippen molar-refractivity contribution < 1.29 is 0 Å². The Hall–Kier alpha value is -1.71. The molecule has 0 radical (unpaired) electrons. The number of nitrogens with zero attached hydrogens (tertiary/aromatic N) is 5. The Morgan fingerprint density at radius 1 is 1.27 bits per heavy atom. The van der Waals surface area contributed by atoms with E-state index in [2.05, 4.69) is 30.1 Å². The van der Waals surface area contributed by atoms with Crippen LogP contribution in [0.5, 0.6) is 0 Å². The summed E-state index contributed by atoms with van der Waals surface area (Å²) in [5.41, 5.74) is 5.87. The van der Waals surface area contributed by atoms with Crippen molar-refractivity contribution in [3.8, 4) is 0 Å². The minimum atomic E-state index is 0. The average Bonchev–Trinajstić information content (AvgIpc) is 2.73. The van der Waals surface area contributed by atoms with Gasteiger partial charge in [0, 0.05) is 19.2 Å². The van der Waals surface area contributed by atoms with E-state index in [9.17, 15) is 0 Å². The van der Waals surface area contributed by atoms with Crippen LogP contribution < -0.4 is 11.1 Å². The van der Waals surface area contributed by atoms with E-state index < -0.39 is 0 Å². The van der Waals surface area contributed by atoms with E-state index >= 15 is 0 Å². The molecule has 0 saturated heterocycles. The van der Waals surface area contributed by atoms with Crippen LogP contribution in [0.2, 0.25) is 0 Å². The first-order valence-corrected chi connectivity index (χ1v) is 7.22. The highest BCUT2D eigenvalue weighted by Crippen LogP contribution is 2.14. The van der Waals surface area contributed by atoms with Crippen molar-refractivity contribution in [2.45, 2.75) is 38.8 Å². The van der Waals surface area contributed by atoms with Crippen LogP contribution in [0, 0.1) is 0 Å². The number of nitrogens with two attached hydrogens (primary N) is 1. The van der Waals surface area contributed by atoms with Crippen molar-refractivity contribution >= 4 is 35.8 Å². The SMILES string of the molecule is I.NC(=NCc1nnc2n1CCCCC2)Nc1ccccn1. The van der Waals surface area contributed by atoms with Crippen LogP contribution in [0.15, 0.2) is 29.4 Å². The van der Waals surface area contributed by atoms with Gasteiger partial charge in [0.25, 0.3) is 0 Å². The molecule has 22 heavy (non-hydrogen) atoms. The molecule has 0 fully saturated rings. The van der Waals surface area contributed by atoms with Gasteiger partial charge in [-0.05, 0) is 25.0 Å².